The predicted octanol–water partition coefficient (Wildman–Crippen LogP) is 6.89. The van der Waals surface area contributed by atoms with Gasteiger partial charge in [0.1, 0.15) is 11.3 Å². The molecule has 0 bridgehead atoms. The van der Waals surface area contributed by atoms with E-state index in [9.17, 15) is 45.4 Å². The van der Waals surface area contributed by atoms with Gasteiger partial charge < -0.3 is 19.9 Å². The number of aryl methyl sites for hydroxylation is 1. The van der Waals surface area contributed by atoms with E-state index in [1.165, 1.54) is 12.1 Å². The van der Waals surface area contributed by atoms with Gasteiger partial charge in [-0.1, -0.05) is 32.4 Å². The highest BCUT2D eigenvalue weighted by Crippen LogP contribution is 2.50. The van der Waals surface area contributed by atoms with Gasteiger partial charge in [-0.15, -0.1) is 0 Å². The molecule has 0 saturated carbocycles. The second-order valence-electron chi connectivity index (χ2n) is 10.8. The van der Waals surface area contributed by atoms with Gasteiger partial charge in [-0.05, 0) is 74.9 Å². The number of imide groups is 1. The topological polar surface area (TPSA) is 88.1 Å². The number of benzene rings is 2. The molecule has 7 nitrogen and oxygen atoms in total. The van der Waals surface area contributed by atoms with E-state index < -0.39 is 46.8 Å². The lowest BCUT2D eigenvalue weighted by Gasteiger charge is -2.33. The lowest BCUT2D eigenvalue weighted by atomic mass is 9.87. The smallest absolute Gasteiger partial charge is 0.430 e. The number of carbonyl (C=O) groups is 2. The molecular formula is C30H35F7N2O5. The Morgan fingerprint density at radius 2 is 1.59 bits per heavy atom. The summed E-state index contributed by atoms with van der Waals surface area (Å²) in [5.41, 5.74) is -7.58. The molecule has 3 rings (SSSR count). The summed E-state index contributed by atoms with van der Waals surface area (Å²) in [5, 5.41) is 12.4. The largest absolute Gasteiger partial charge is 0.493 e. The lowest BCUT2D eigenvalue weighted by molar-refractivity contribution is -0.376. The van der Waals surface area contributed by atoms with Crippen molar-refractivity contribution in [2.75, 3.05) is 13.2 Å². The van der Waals surface area contributed by atoms with Gasteiger partial charge in [0.15, 0.2) is 11.6 Å². The Morgan fingerprint density at radius 3 is 2.14 bits per heavy atom. The molecule has 0 aromatic heterocycles. The monoisotopic (exact) mass is 636 g/mol. The molecule has 1 unspecified atom stereocenters. The Morgan fingerprint density at radius 1 is 0.955 bits per heavy atom. The number of alkyl halides is 6. The van der Waals surface area contributed by atoms with E-state index in [4.69, 9.17) is 9.47 Å². The zero-order valence-corrected chi connectivity index (χ0v) is 24.7. The minimum atomic E-state index is -6.01. The van der Waals surface area contributed by atoms with Gasteiger partial charge in [-0.25, -0.2) is 9.18 Å². The van der Waals surface area contributed by atoms with Crippen molar-refractivity contribution in [3.8, 4) is 11.5 Å². The number of urea groups is 1. The first-order valence-corrected chi connectivity index (χ1v) is 14.2. The molecule has 3 amide bonds. The Balaban J connectivity index is 1.67. The van der Waals surface area contributed by atoms with Crippen molar-refractivity contribution in [3.63, 3.8) is 0 Å². The van der Waals surface area contributed by atoms with Crippen LogP contribution in [0.1, 0.15) is 70.1 Å². The van der Waals surface area contributed by atoms with E-state index in [2.05, 4.69) is 5.32 Å². The summed E-state index contributed by atoms with van der Waals surface area (Å²) in [5.74, 6) is -1.19. The van der Waals surface area contributed by atoms with Crippen molar-refractivity contribution in [1.29, 1.82) is 0 Å². The van der Waals surface area contributed by atoms with Crippen molar-refractivity contribution in [2.24, 2.45) is 0 Å². The molecule has 1 aliphatic rings. The maximum Gasteiger partial charge on any atom is 0.430 e. The number of halogens is 7. The number of amides is 3. The Kier molecular flexibility index (Phi) is 10.5. The second kappa shape index (κ2) is 13.2. The third-order valence-electron chi connectivity index (χ3n) is 7.35. The molecular weight excluding hydrogens is 601 g/mol. The molecule has 0 aliphatic carbocycles. The summed E-state index contributed by atoms with van der Waals surface area (Å²) in [6, 6.07) is 5.52. The van der Waals surface area contributed by atoms with E-state index >= 15 is 0 Å². The summed E-state index contributed by atoms with van der Waals surface area (Å²) in [6.07, 6.45) is -11.2. The number of ether oxygens (including phenoxy) is 2. The van der Waals surface area contributed by atoms with Crippen LogP contribution < -0.4 is 14.8 Å². The molecule has 1 atom stereocenters. The molecule has 1 heterocycles. The highest BCUT2D eigenvalue weighted by atomic mass is 19.4. The molecule has 14 heteroatoms. The van der Waals surface area contributed by atoms with E-state index in [0.717, 1.165) is 17.0 Å². The third kappa shape index (κ3) is 6.74. The number of hydrogen-bond donors (Lipinski definition) is 2. The molecule has 1 aliphatic heterocycles. The first-order valence-electron chi connectivity index (χ1n) is 14.2. The van der Waals surface area contributed by atoms with Crippen LogP contribution in [-0.4, -0.2) is 53.6 Å². The van der Waals surface area contributed by atoms with Crippen LogP contribution >= 0.6 is 0 Å². The van der Waals surface area contributed by atoms with E-state index in [-0.39, 0.29) is 67.6 Å². The van der Waals surface area contributed by atoms with Gasteiger partial charge in [-0.3, -0.25) is 9.69 Å². The number of hydrogen-bond acceptors (Lipinski definition) is 5. The Bertz CT molecular complexity index is 1330. The van der Waals surface area contributed by atoms with Gasteiger partial charge in [0.05, 0.1) is 12.7 Å². The first kappa shape index (κ1) is 34.9. The first-order chi connectivity index (χ1) is 20.4. The van der Waals surface area contributed by atoms with Gasteiger partial charge in [0.25, 0.3) is 11.5 Å². The fourth-order valence-electron chi connectivity index (χ4n) is 5.04. The van der Waals surface area contributed by atoms with Gasteiger partial charge in [0.2, 0.25) is 0 Å². The third-order valence-corrected chi connectivity index (χ3v) is 7.35. The maximum absolute atomic E-state index is 14.7. The van der Waals surface area contributed by atoms with Crippen molar-refractivity contribution >= 4 is 11.9 Å². The Labute approximate surface area is 250 Å². The van der Waals surface area contributed by atoms with Crippen LogP contribution in [0.4, 0.5) is 35.5 Å². The zero-order valence-electron chi connectivity index (χ0n) is 24.7. The molecule has 1 saturated heterocycles. The molecule has 0 radical (unpaired) electrons. The van der Waals surface area contributed by atoms with Crippen LogP contribution in [-0.2, 0) is 22.4 Å². The van der Waals surface area contributed by atoms with E-state index in [1.54, 1.807) is 27.7 Å². The summed E-state index contributed by atoms with van der Waals surface area (Å²) in [7, 11) is 0. The van der Waals surface area contributed by atoms with Crippen LogP contribution in [0.15, 0.2) is 36.4 Å². The van der Waals surface area contributed by atoms with Crippen LogP contribution in [0.2, 0.25) is 0 Å². The Hall–Kier alpha value is -3.55. The number of carbonyl (C=O) groups excluding carboxylic acids is 2. The average molecular weight is 637 g/mol. The van der Waals surface area contributed by atoms with Crippen LogP contribution in [0.5, 0.6) is 11.5 Å². The fraction of sp³-hybridized carbons (Fsp3) is 0.533. The molecule has 44 heavy (non-hydrogen) atoms. The van der Waals surface area contributed by atoms with E-state index in [0.29, 0.717) is 18.6 Å². The van der Waals surface area contributed by atoms with Crippen molar-refractivity contribution in [1.82, 2.24) is 10.2 Å². The van der Waals surface area contributed by atoms with Crippen LogP contribution in [0, 0.1) is 5.82 Å². The quantitative estimate of drug-likeness (QED) is 0.142. The molecule has 0 spiro atoms. The SMILES string of the molecule is CCCc1cc(C(O)(C(F)(F)F)C(F)(F)F)ccc1OCCCCN1C(=O)NC(CC)(c2ccc(OC(C)C)c(F)c2)C1=O. The molecule has 2 aromatic rings. The minimum Gasteiger partial charge on any atom is -0.493 e. The molecule has 2 aromatic carbocycles. The van der Waals surface area contributed by atoms with E-state index in [1.807, 2.05) is 0 Å². The number of rotatable bonds is 13. The van der Waals surface area contributed by atoms with Crippen LogP contribution in [0.25, 0.3) is 0 Å². The normalized spacial score (nSPS) is 17.8. The maximum atomic E-state index is 14.7. The summed E-state index contributed by atoms with van der Waals surface area (Å²) >= 11 is 0. The van der Waals surface area contributed by atoms with Gasteiger partial charge >= 0.3 is 18.4 Å². The van der Waals surface area contributed by atoms with Crippen molar-refractivity contribution < 1.29 is 54.9 Å². The molecule has 244 valence electrons. The zero-order chi connectivity index (χ0) is 33.1. The fourth-order valence-corrected chi connectivity index (χ4v) is 5.04. The summed E-state index contributed by atoms with van der Waals surface area (Å²) in [4.78, 5) is 27.1. The van der Waals surface area contributed by atoms with Crippen LogP contribution in [0.3, 0.4) is 0 Å². The van der Waals surface area contributed by atoms with Gasteiger partial charge in [0, 0.05) is 12.1 Å². The number of aliphatic hydroxyl groups is 1. The summed E-state index contributed by atoms with van der Waals surface area (Å²) < 4.78 is 106. The highest BCUT2D eigenvalue weighted by molar-refractivity contribution is 6.07. The predicted molar refractivity (Wildman–Crippen MR) is 146 cm³/mol. The van der Waals surface area contributed by atoms with Crippen molar-refractivity contribution in [3.05, 3.63) is 58.9 Å². The number of nitrogens with one attached hydrogen (secondary N) is 1. The minimum absolute atomic E-state index is 0.0109. The number of unbranched alkanes of at least 4 members (excludes halogenated alkanes) is 1. The standard InChI is InChI=1S/C30H35F7N2O5/c1-5-9-19-16-21(28(42,29(32,33)34)30(35,36)37)11-12-23(19)43-15-8-7-14-39-25(40)27(6-2,38-26(39)41)20-10-13-24(22(31)17-20)44-18(3)4/h10-13,16-18,42H,5-9,14-15H2,1-4H3,(H,38,41). The van der Waals surface area contributed by atoms with Gasteiger partial charge in [-0.2, -0.15) is 26.3 Å². The molecule has 2 N–H and O–H groups in total. The average Bonchev–Trinajstić information content (AvgIpc) is 3.18. The highest BCUT2D eigenvalue weighted by Gasteiger charge is 2.71. The second-order valence-corrected chi connectivity index (χ2v) is 10.8. The summed E-state index contributed by atoms with van der Waals surface area (Å²) in [6.45, 7) is 6.78. The van der Waals surface area contributed by atoms with Crippen molar-refractivity contribution in [2.45, 2.75) is 89.4 Å². The lowest BCUT2D eigenvalue weighted by Crippen LogP contribution is -2.53. The molecule has 1 fully saturated rings. The number of nitrogens with zero attached hydrogens (tertiary/aromatic N) is 1.